The summed E-state index contributed by atoms with van der Waals surface area (Å²) in [4.78, 5) is 22.6. The second kappa shape index (κ2) is 7.36. The first-order valence-corrected chi connectivity index (χ1v) is 8.52. The largest absolute Gasteiger partial charge is 0.478 e. The van der Waals surface area contributed by atoms with E-state index in [1.54, 1.807) is 54.6 Å². The number of aliphatic carboxylic acids is 1. The van der Waals surface area contributed by atoms with Gasteiger partial charge in [0, 0.05) is 22.6 Å². The molecule has 0 aliphatic heterocycles. The van der Waals surface area contributed by atoms with E-state index in [1.165, 1.54) is 12.1 Å². The minimum atomic E-state index is -1.12. The Hall–Kier alpha value is -2.56. The highest BCUT2D eigenvalue weighted by molar-refractivity contribution is 6.31. The number of hydrogen-bond acceptors (Lipinski definition) is 3. The fraction of sp³-hybridized carbons (Fsp3) is 0.100. The van der Waals surface area contributed by atoms with Crippen LogP contribution >= 0.6 is 23.2 Å². The minimum absolute atomic E-state index is 0.0755. The Morgan fingerprint density at radius 3 is 2.62 bits per heavy atom. The lowest BCUT2D eigenvalue weighted by Gasteiger charge is -2.28. The Labute approximate surface area is 160 Å². The van der Waals surface area contributed by atoms with Gasteiger partial charge in [0.05, 0.1) is 10.4 Å². The van der Waals surface area contributed by atoms with E-state index in [2.05, 4.69) is 0 Å². The summed E-state index contributed by atoms with van der Waals surface area (Å²) in [6.45, 7) is 0. The summed E-state index contributed by atoms with van der Waals surface area (Å²) in [5.41, 5.74) is 1.000. The number of carbonyl (C=O) groups excluding carboxylic acids is 1. The summed E-state index contributed by atoms with van der Waals surface area (Å²) in [6, 6.07) is 13.2. The number of carbonyl (C=O) groups is 2. The molecule has 0 saturated heterocycles. The molecule has 0 aromatic heterocycles. The number of carboxylic acid groups (broad SMARTS) is 1. The van der Waals surface area contributed by atoms with Crippen molar-refractivity contribution < 1.29 is 19.4 Å². The van der Waals surface area contributed by atoms with Crippen molar-refractivity contribution in [3.8, 4) is 5.75 Å². The van der Waals surface area contributed by atoms with E-state index >= 15 is 0 Å². The molecule has 2 aromatic carbocycles. The van der Waals surface area contributed by atoms with Gasteiger partial charge in [-0.25, -0.2) is 9.59 Å². The number of halogens is 2. The molecule has 3 rings (SSSR count). The molecular formula is C20H14Cl2O4. The van der Waals surface area contributed by atoms with Gasteiger partial charge in [0.25, 0.3) is 0 Å². The highest BCUT2D eigenvalue weighted by atomic mass is 35.5. The summed E-state index contributed by atoms with van der Waals surface area (Å²) in [6.07, 6.45) is 4.86. The van der Waals surface area contributed by atoms with E-state index in [-0.39, 0.29) is 17.7 Å². The van der Waals surface area contributed by atoms with Gasteiger partial charge in [-0.1, -0.05) is 54.1 Å². The standard InChI is InChI=1S/C20H14Cl2O4/c21-15-7-3-5-13(11-15)19(25)26-17-9-2-1-8-16(17)20(22)10-4-6-14(12-20)18(23)24/h1-11H,12H2,(H,23,24). The molecule has 0 bridgehead atoms. The summed E-state index contributed by atoms with van der Waals surface area (Å²) in [5, 5.41) is 9.67. The van der Waals surface area contributed by atoms with Crippen LogP contribution in [-0.4, -0.2) is 17.0 Å². The molecule has 1 unspecified atom stereocenters. The maximum atomic E-state index is 12.4. The topological polar surface area (TPSA) is 63.6 Å². The lowest BCUT2D eigenvalue weighted by molar-refractivity contribution is -0.132. The van der Waals surface area contributed by atoms with Crippen molar-refractivity contribution in [2.45, 2.75) is 11.3 Å². The van der Waals surface area contributed by atoms with Crippen LogP contribution < -0.4 is 4.74 Å². The van der Waals surface area contributed by atoms with Gasteiger partial charge in [-0.3, -0.25) is 0 Å². The normalized spacial score (nSPS) is 18.9. The fourth-order valence-corrected chi connectivity index (χ4v) is 3.28. The Bertz CT molecular complexity index is 933. The van der Waals surface area contributed by atoms with Crippen LogP contribution in [0.3, 0.4) is 0 Å². The first kappa shape index (κ1) is 18.2. The smallest absolute Gasteiger partial charge is 0.343 e. The molecule has 0 amide bonds. The van der Waals surface area contributed by atoms with Crippen molar-refractivity contribution in [2.24, 2.45) is 0 Å². The van der Waals surface area contributed by atoms with Crippen molar-refractivity contribution >= 4 is 35.1 Å². The molecule has 0 radical (unpaired) electrons. The molecule has 0 spiro atoms. The van der Waals surface area contributed by atoms with Gasteiger partial charge in [0.1, 0.15) is 5.75 Å². The summed E-state index contributed by atoms with van der Waals surface area (Å²) >= 11 is 12.6. The highest BCUT2D eigenvalue weighted by Gasteiger charge is 2.34. The molecular weight excluding hydrogens is 375 g/mol. The number of allylic oxidation sites excluding steroid dienone is 3. The number of para-hydroxylation sites is 1. The first-order chi connectivity index (χ1) is 12.4. The van der Waals surface area contributed by atoms with E-state index in [1.807, 2.05) is 0 Å². The maximum Gasteiger partial charge on any atom is 0.343 e. The van der Waals surface area contributed by atoms with Crippen molar-refractivity contribution in [2.75, 3.05) is 0 Å². The van der Waals surface area contributed by atoms with Crippen LogP contribution in [0.25, 0.3) is 0 Å². The van der Waals surface area contributed by atoms with Crippen molar-refractivity contribution in [3.63, 3.8) is 0 Å². The Kier molecular flexibility index (Phi) is 5.16. The Balaban J connectivity index is 1.92. The minimum Gasteiger partial charge on any atom is -0.478 e. The molecule has 4 nitrogen and oxygen atoms in total. The maximum absolute atomic E-state index is 12.4. The second-order valence-electron chi connectivity index (χ2n) is 5.79. The van der Waals surface area contributed by atoms with E-state index in [9.17, 15) is 14.7 Å². The number of benzene rings is 2. The molecule has 1 N–H and O–H groups in total. The van der Waals surface area contributed by atoms with E-state index in [0.29, 0.717) is 16.1 Å². The highest BCUT2D eigenvalue weighted by Crippen LogP contribution is 2.43. The third-order valence-corrected chi connectivity index (χ3v) is 4.68. The first-order valence-electron chi connectivity index (χ1n) is 7.77. The molecule has 0 fully saturated rings. The lowest BCUT2D eigenvalue weighted by atomic mass is 9.87. The zero-order valence-electron chi connectivity index (χ0n) is 13.5. The summed E-state index contributed by atoms with van der Waals surface area (Å²) < 4.78 is 5.52. The van der Waals surface area contributed by atoms with Gasteiger partial charge in [0.2, 0.25) is 0 Å². The number of alkyl halides is 1. The van der Waals surface area contributed by atoms with E-state index in [4.69, 9.17) is 27.9 Å². The van der Waals surface area contributed by atoms with E-state index < -0.39 is 16.8 Å². The molecule has 1 aliphatic rings. The monoisotopic (exact) mass is 388 g/mol. The number of esters is 1. The van der Waals surface area contributed by atoms with Crippen molar-refractivity contribution in [3.05, 3.63) is 88.5 Å². The van der Waals surface area contributed by atoms with Gasteiger partial charge in [-0.05, 0) is 24.3 Å². The van der Waals surface area contributed by atoms with Gasteiger partial charge in [-0.2, -0.15) is 0 Å². The summed E-state index contributed by atoms with van der Waals surface area (Å²) in [5.74, 6) is -1.34. The van der Waals surface area contributed by atoms with Gasteiger partial charge < -0.3 is 9.84 Å². The second-order valence-corrected chi connectivity index (χ2v) is 6.90. The van der Waals surface area contributed by atoms with Gasteiger partial charge >= 0.3 is 11.9 Å². The molecule has 1 atom stereocenters. The van der Waals surface area contributed by atoms with Crippen LogP contribution in [0, 0.1) is 0 Å². The SMILES string of the molecule is O=C(O)C1=CC=CC(Cl)(c2ccccc2OC(=O)c2cccc(Cl)c2)C1. The lowest BCUT2D eigenvalue weighted by Crippen LogP contribution is -2.23. The number of rotatable bonds is 4. The third-order valence-electron chi connectivity index (χ3n) is 3.98. The predicted octanol–water partition coefficient (Wildman–Crippen LogP) is 4.96. The van der Waals surface area contributed by atoms with Gasteiger partial charge in [-0.15, -0.1) is 11.6 Å². The van der Waals surface area contributed by atoms with Crippen LogP contribution in [0.5, 0.6) is 5.75 Å². The quantitative estimate of drug-likeness (QED) is 0.456. The van der Waals surface area contributed by atoms with Gasteiger partial charge in [0.15, 0.2) is 0 Å². The molecule has 1 aliphatic carbocycles. The van der Waals surface area contributed by atoms with Crippen molar-refractivity contribution in [1.29, 1.82) is 0 Å². The molecule has 0 saturated carbocycles. The zero-order valence-corrected chi connectivity index (χ0v) is 15.0. The molecule has 26 heavy (non-hydrogen) atoms. The van der Waals surface area contributed by atoms with Crippen LogP contribution in [-0.2, 0) is 9.67 Å². The average Bonchev–Trinajstić information content (AvgIpc) is 2.62. The van der Waals surface area contributed by atoms with Crippen molar-refractivity contribution in [1.82, 2.24) is 0 Å². The number of hydrogen-bond donors (Lipinski definition) is 1. The Morgan fingerprint density at radius 2 is 1.88 bits per heavy atom. The Morgan fingerprint density at radius 1 is 1.12 bits per heavy atom. The summed E-state index contributed by atoms with van der Waals surface area (Å²) in [7, 11) is 0. The predicted molar refractivity (Wildman–Crippen MR) is 99.9 cm³/mol. The van der Waals surface area contributed by atoms with Crippen LogP contribution in [0.2, 0.25) is 5.02 Å². The molecule has 2 aromatic rings. The van der Waals surface area contributed by atoms with E-state index in [0.717, 1.165) is 0 Å². The molecule has 132 valence electrons. The number of carboxylic acids is 1. The fourth-order valence-electron chi connectivity index (χ4n) is 2.72. The number of ether oxygens (including phenoxy) is 1. The van der Waals surface area contributed by atoms with Crippen LogP contribution in [0.1, 0.15) is 22.3 Å². The zero-order chi connectivity index (χ0) is 18.7. The average molecular weight is 389 g/mol. The molecule has 0 heterocycles. The third kappa shape index (κ3) is 3.82. The molecule has 6 heteroatoms. The van der Waals surface area contributed by atoms with Crippen LogP contribution in [0.4, 0.5) is 0 Å². The van der Waals surface area contributed by atoms with Crippen LogP contribution in [0.15, 0.2) is 72.3 Å².